The van der Waals surface area contributed by atoms with Crippen LogP contribution in [0.2, 0.25) is 0 Å². The Hall–Kier alpha value is -3.03. The zero-order chi connectivity index (χ0) is 20.0. The summed E-state index contributed by atoms with van der Waals surface area (Å²) in [5, 5.41) is 3.81. The summed E-state index contributed by atoms with van der Waals surface area (Å²) in [4.78, 5) is 12.1. The van der Waals surface area contributed by atoms with E-state index in [4.69, 9.17) is 9.47 Å². The van der Waals surface area contributed by atoms with Gasteiger partial charge in [0.25, 0.3) is 5.91 Å². The number of methoxy groups -OCH3 is 1. The van der Waals surface area contributed by atoms with Gasteiger partial charge in [-0.1, -0.05) is 12.1 Å². The monoisotopic (exact) mass is 380 g/mol. The molecule has 0 saturated heterocycles. The Morgan fingerprint density at radius 1 is 1.19 bits per heavy atom. The van der Waals surface area contributed by atoms with E-state index in [1.807, 2.05) is 13.8 Å². The van der Waals surface area contributed by atoms with Crippen molar-refractivity contribution < 1.29 is 27.4 Å². The molecule has 2 aromatic rings. The third-order valence-electron chi connectivity index (χ3n) is 3.40. The Balaban J connectivity index is 2.17. The lowest BCUT2D eigenvalue weighted by Gasteiger charge is -2.15. The molecule has 144 valence electrons. The van der Waals surface area contributed by atoms with E-state index in [9.17, 15) is 18.0 Å². The third kappa shape index (κ3) is 5.47. The van der Waals surface area contributed by atoms with Gasteiger partial charge in [0.1, 0.15) is 0 Å². The molecular formula is C19H19F3N2O3. The summed E-state index contributed by atoms with van der Waals surface area (Å²) in [5.74, 6) is 0.190. The number of ether oxygens (including phenoxy) is 2. The fraction of sp³-hybridized carbons (Fsp3) is 0.263. The summed E-state index contributed by atoms with van der Waals surface area (Å²) >= 11 is 0. The number of hydrazone groups is 1. The predicted octanol–water partition coefficient (Wildman–Crippen LogP) is 4.27. The van der Waals surface area contributed by atoms with Crippen LogP contribution in [0.5, 0.6) is 11.5 Å². The minimum absolute atomic E-state index is 0.117. The number of para-hydroxylation sites is 1. The summed E-state index contributed by atoms with van der Waals surface area (Å²) in [6.45, 7) is 3.70. The average molecular weight is 380 g/mol. The zero-order valence-corrected chi connectivity index (χ0v) is 15.0. The maximum Gasteiger partial charge on any atom is 0.416 e. The number of nitrogens with one attached hydrogen (secondary N) is 1. The first-order valence-corrected chi connectivity index (χ1v) is 8.06. The lowest BCUT2D eigenvalue weighted by Crippen LogP contribution is -2.18. The summed E-state index contributed by atoms with van der Waals surface area (Å²) < 4.78 is 49.2. The second-order valence-electron chi connectivity index (χ2n) is 5.82. The molecule has 0 aliphatic heterocycles. The SMILES string of the molecule is COc1cccc(/C=N\NC(=O)c2cccc(C(F)(F)F)c2)c1OC(C)C. The number of benzene rings is 2. The van der Waals surface area contributed by atoms with Crippen molar-refractivity contribution in [2.75, 3.05) is 7.11 Å². The van der Waals surface area contributed by atoms with Gasteiger partial charge >= 0.3 is 6.18 Å². The minimum atomic E-state index is -4.52. The average Bonchev–Trinajstić information content (AvgIpc) is 2.61. The van der Waals surface area contributed by atoms with Gasteiger partial charge < -0.3 is 9.47 Å². The van der Waals surface area contributed by atoms with Crippen LogP contribution >= 0.6 is 0 Å². The summed E-state index contributed by atoms with van der Waals surface area (Å²) in [7, 11) is 1.50. The van der Waals surface area contributed by atoms with E-state index in [0.717, 1.165) is 18.2 Å². The van der Waals surface area contributed by atoms with Crippen LogP contribution in [0.4, 0.5) is 13.2 Å². The second kappa shape index (κ2) is 8.57. The topological polar surface area (TPSA) is 59.9 Å². The number of hydrogen-bond acceptors (Lipinski definition) is 4. The van der Waals surface area contributed by atoms with Crippen molar-refractivity contribution in [3.8, 4) is 11.5 Å². The standard InChI is InChI=1S/C19H19F3N2O3/c1-12(2)27-17-14(7-5-9-16(17)26-3)11-23-24-18(25)13-6-4-8-15(10-13)19(20,21)22/h4-12H,1-3H3,(H,24,25)/b23-11-. The number of halogens is 3. The quantitative estimate of drug-likeness (QED) is 0.602. The van der Waals surface area contributed by atoms with Crippen LogP contribution in [0.25, 0.3) is 0 Å². The molecule has 8 heteroatoms. The molecule has 27 heavy (non-hydrogen) atoms. The van der Waals surface area contributed by atoms with E-state index < -0.39 is 17.6 Å². The molecule has 0 bridgehead atoms. The van der Waals surface area contributed by atoms with Crippen molar-refractivity contribution >= 4 is 12.1 Å². The molecule has 0 unspecified atom stereocenters. The highest BCUT2D eigenvalue weighted by Gasteiger charge is 2.30. The van der Waals surface area contributed by atoms with Crippen molar-refractivity contribution in [2.45, 2.75) is 26.1 Å². The van der Waals surface area contributed by atoms with Crippen LogP contribution in [0.1, 0.15) is 35.3 Å². The van der Waals surface area contributed by atoms with Gasteiger partial charge in [-0.15, -0.1) is 0 Å². The number of hydrogen-bond donors (Lipinski definition) is 1. The van der Waals surface area contributed by atoms with E-state index in [-0.39, 0.29) is 11.7 Å². The van der Waals surface area contributed by atoms with E-state index in [1.165, 1.54) is 19.4 Å². The van der Waals surface area contributed by atoms with Gasteiger partial charge in [-0.2, -0.15) is 18.3 Å². The fourth-order valence-electron chi connectivity index (χ4n) is 2.22. The van der Waals surface area contributed by atoms with Crippen LogP contribution in [-0.2, 0) is 6.18 Å². The van der Waals surface area contributed by atoms with E-state index >= 15 is 0 Å². The first kappa shape index (κ1) is 20.3. The maximum atomic E-state index is 12.7. The van der Waals surface area contributed by atoms with Crippen molar-refractivity contribution in [3.63, 3.8) is 0 Å². The molecule has 0 radical (unpaired) electrons. The van der Waals surface area contributed by atoms with Gasteiger partial charge in [-0.3, -0.25) is 4.79 Å². The molecule has 5 nitrogen and oxygen atoms in total. The predicted molar refractivity (Wildman–Crippen MR) is 95.3 cm³/mol. The van der Waals surface area contributed by atoms with Crippen molar-refractivity contribution in [3.05, 3.63) is 59.2 Å². The Kier molecular flexibility index (Phi) is 6.44. The molecule has 0 fully saturated rings. The molecule has 2 rings (SSSR count). The largest absolute Gasteiger partial charge is 0.493 e. The molecule has 1 N–H and O–H groups in total. The molecular weight excluding hydrogens is 361 g/mol. The van der Waals surface area contributed by atoms with E-state index in [0.29, 0.717) is 17.1 Å². The molecule has 0 aromatic heterocycles. The van der Waals surface area contributed by atoms with Gasteiger partial charge in [-0.25, -0.2) is 5.43 Å². The number of carbonyl (C=O) groups excluding carboxylic acids is 1. The third-order valence-corrected chi connectivity index (χ3v) is 3.40. The Morgan fingerprint density at radius 3 is 2.52 bits per heavy atom. The van der Waals surface area contributed by atoms with Crippen LogP contribution in [0.15, 0.2) is 47.6 Å². The highest BCUT2D eigenvalue weighted by Crippen LogP contribution is 2.31. The smallest absolute Gasteiger partial charge is 0.416 e. The first-order valence-electron chi connectivity index (χ1n) is 8.06. The van der Waals surface area contributed by atoms with E-state index in [1.54, 1.807) is 18.2 Å². The molecule has 1 amide bonds. The number of amides is 1. The van der Waals surface area contributed by atoms with Gasteiger partial charge in [0.2, 0.25) is 0 Å². The minimum Gasteiger partial charge on any atom is -0.493 e. The van der Waals surface area contributed by atoms with Crippen molar-refractivity contribution in [1.29, 1.82) is 0 Å². The van der Waals surface area contributed by atoms with Gasteiger partial charge in [0.05, 0.1) is 25.0 Å². The zero-order valence-electron chi connectivity index (χ0n) is 15.0. The van der Waals surface area contributed by atoms with Crippen LogP contribution < -0.4 is 14.9 Å². The number of alkyl halides is 3. The Labute approximate surface area is 154 Å². The van der Waals surface area contributed by atoms with E-state index in [2.05, 4.69) is 10.5 Å². The fourth-order valence-corrected chi connectivity index (χ4v) is 2.22. The molecule has 0 aliphatic rings. The normalized spacial score (nSPS) is 11.7. The summed E-state index contributed by atoms with van der Waals surface area (Å²) in [6, 6.07) is 9.25. The molecule has 0 heterocycles. The lowest BCUT2D eigenvalue weighted by molar-refractivity contribution is -0.137. The molecule has 0 spiro atoms. The van der Waals surface area contributed by atoms with Crippen molar-refractivity contribution in [2.24, 2.45) is 5.10 Å². The summed E-state index contributed by atoms with van der Waals surface area (Å²) in [5.41, 5.74) is 1.71. The van der Waals surface area contributed by atoms with Crippen LogP contribution in [0.3, 0.4) is 0 Å². The molecule has 0 saturated carbocycles. The van der Waals surface area contributed by atoms with Gasteiger partial charge in [0, 0.05) is 11.1 Å². The van der Waals surface area contributed by atoms with Crippen LogP contribution in [0, 0.1) is 0 Å². The highest BCUT2D eigenvalue weighted by molar-refractivity contribution is 5.95. The molecule has 0 aliphatic carbocycles. The lowest BCUT2D eigenvalue weighted by atomic mass is 10.1. The number of carbonyl (C=O) groups is 1. The van der Waals surface area contributed by atoms with Crippen LogP contribution in [-0.4, -0.2) is 25.3 Å². The maximum absolute atomic E-state index is 12.7. The molecule has 2 aromatic carbocycles. The van der Waals surface area contributed by atoms with Gasteiger partial charge in [-0.05, 0) is 44.2 Å². The van der Waals surface area contributed by atoms with Crippen molar-refractivity contribution in [1.82, 2.24) is 5.43 Å². The summed E-state index contributed by atoms with van der Waals surface area (Å²) in [6.07, 6.45) is -3.30. The first-order chi connectivity index (χ1) is 12.7. The Morgan fingerprint density at radius 2 is 1.89 bits per heavy atom. The Bertz CT molecular complexity index is 833. The number of nitrogens with zero attached hydrogens (tertiary/aromatic N) is 1. The second-order valence-corrected chi connectivity index (χ2v) is 5.82. The highest BCUT2D eigenvalue weighted by atomic mass is 19.4. The van der Waals surface area contributed by atoms with Gasteiger partial charge in [0.15, 0.2) is 11.5 Å². The number of rotatable bonds is 6. The molecule has 0 atom stereocenters.